The molecule has 0 radical (unpaired) electrons. The van der Waals surface area contributed by atoms with Crippen molar-refractivity contribution in [3.8, 4) is 0 Å². The largest absolute Gasteiger partial charge is 0.471 e. The van der Waals surface area contributed by atoms with Crippen LogP contribution in [0.15, 0.2) is 0 Å². The van der Waals surface area contributed by atoms with Crippen LogP contribution in [0.4, 0.5) is 13.2 Å². The summed E-state index contributed by atoms with van der Waals surface area (Å²) in [5.41, 5.74) is 0. The first kappa shape index (κ1) is 19.9. The van der Waals surface area contributed by atoms with Crippen molar-refractivity contribution in [2.45, 2.75) is 82.2 Å². The van der Waals surface area contributed by atoms with Gasteiger partial charge < -0.3 is 14.5 Å². The van der Waals surface area contributed by atoms with Gasteiger partial charge in [-0.1, -0.05) is 6.42 Å². The van der Waals surface area contributed by atoms with Gasteiger partial charge in [0.25, 0.3) is 0 Å². The molecule has 0 spiro atoms. The zero-order valence-electron chi connectivity index (χ0n) is 15.2. The van der Waals surface area contributed by atoms with E-state index < -0.39 is 36.0 Å². The van der Waals surface area contributed by atoms with Crippen molar-refractivity contribution < 1.29 is 32.3 Å². The Hall–Kier alpha value is -1.80. The van der Waals surface area contributed by atoms with Crippen LogP contribution in [-0.2, 0) is 19.1 Å². The van der Waals surface area contributed by atoms with Crippen molar-refractivity contribution in [1.82, 2.24) is 9.80 Å². The molecule has 2 saturated heterocycles. The van der Waals surface area contributed by atoms with Gasteiger partial charge in [0.1, 0.15) is 18.2 Å². The summed E-state index contributed by atoms with van der Waals surface area (Å²) in [6.07, 6.45) is 1.15. The first-order chi connectivity index (χ1) is 12.8. The van der Waals surface area contributed by atoms with Gasteiger partial charge in [-0.25, -0.2) is 4.79 Å². The van der Waals surface area contributed by atoms with E-state index in [0.717, 1.165) is 32.1 Å². The van der Waals surface area contributed by atoms with Crippen LogP contribution in [0.1, 0.15) is 57.8 Å². The fourth-order valence-corrected chi connectivity index (χ4v) is 4.32. The lowest BCUT2D eigenvalue weighted by Crippen LogP contribution is -2.53. The Morgan fingerprint density at radius 2 is 1.37 bits per heavy atom. The predicted octanol–water partition coefficient (Wildman–Crippen LogP) is 2.41. The van der Waals surface area contributed by atoms with Crippen molar-refractivity contribution in [3.05, 3.63) is 0 Å². The zero-order chi connectivity index (χ0) is 19.6. The minimum absolute atomic E-state index is 0.0974. The number of alkyl halides is 3. The molecule has 2 atom stereocenters. The Balaban J connectivity index is 1.65. The van der Waals surface area contributed by atoms with Gasteiger partial charge in [-0.3, -0.25) is 9.59 Å². The van der Waals surface area contributed by atoms with E-state index in [4.69, 9.17) is 4.74 Å². The molecule has 2 aliphatic heterocycles. The molecule has 0 unspecified atom stereocenters. The van der Waals surface area contributed by atoms with Gasteiger partial charge in [0, 0.05) is 13.1 Å². The maximum atomic E-state index is 12.9. The quantitative estimate of drug-likeness (QED) is 0.694. The summed E-state index contributed by atoms with van der Waals surface area (Å²) in [5, 5.41) is 0. The van der Waals surface area contributed by atoms with Crippen LogP contribution < -0.4 is 0 Å². The lowest BCUT2D eigenvalue weighted by molar-refractivity contribution is -0.187. The number of esters is 1. The third kappa shape index (κ3) is 4.38. The summed E-state index contributed by atoms with van der Waals surface area (Å²) in [7, 11) is 0. The first-order valence-corrected chi connectivity index (χ1v) is 9.68. The van der Waals surface area contributed by atoms with Crippen LogP contribution in [-0.4, -0.2) is 65.0 Å². The van der Waals surface area contributed by atoms with Crippen LogP contribution in [0.2, 0.25) is 0 Å². The number of likely N-dealkylation sites (tertiary alicyclic amines) is 2. The molecule has 1 saturated carbocycles. The molecular formula is C18H25F3N2O4. The van der Waals surface area contributed by atoms with Crippen molar-refractivity contribution in [2.75, 3.05) is 13.1 Å². The number of rotatable bonds is 3. The molecule has 3 rings (SSSR count). The summed E-state index contributed by atoms with van der Waals surface area (Å²) in [6, 6.07) is -1.91. The van der Waals surface area contributed by atoms with E-state index in [1.54, 1.807) is 0 Å². The van der Waals surface area contributed by atoms with E-state index in [2.05, 4.69) is 0 Å². The second-order valence-electron chi connectivity index (χ2n) is 7.54. The highest BCUT2D eigenvalue weighted by Gasteiger charge is 2.49. The fraction of sp³-hybridized carbons (Fsp3) is 0.833. The van der Waals surface area contributed by atoms with E-state index in [-0.39, 0.29) is 19.1 Å². The van der Waals surface area contributed by atoms with Crippen molar-refractivity contribution in [1.29, 1.82) is 0 Å². The van der Waals surface area contributed by atoms with Gasteiger partial charge in [-0.05, 0) is 51.4 Å². The van der Waals surface area contributed by atoms with Crippen LogP contribution in [0, 0.1) is 0 Å². The molecule has 0 aromatic rings. The average Bonchev–Trinajstić information content (AvgIpc) is 3.30. The summed E-state index contributed by atoms with van der Waals surface area (Å²) >= 11 is 0. The number of carbonyl (C=O) groups is 3. The SMILES string of the molecule is O=C(OC1CCCCC1)[C@@H]1CCCN1C(=O)[C@@H]1CCCN1C(=O)C(F)(F)F. The summed E-state index contributed by atoms with van der Waals surface area (Å²) in [5.74, 6) is -3.04. The topological polar surface area (TPSA) is 66.9 Å². The summed E-state index contributed by atoms with van der Waals surface area (Å²) < 4.78 is 43.9. The Bertz CT molecular complexity index is 590. The maximum Gasteiger partial charge on any atom is 0.471 e. The molecule has 0 bridgehead atoms. The van der Waals surface area contributed by atoms with Gasteiger partial charge >= 0.3 is 18.1 Å². The molecule has 9 heteroatoms. The van der Waals surface area contributed by atoms with Gasteiger partial charge in [0.2, 0.25) is 5.91 Å². The van der Waals surface area contributed by atoms with Gasteiger partial charge in [0.05, 0.1) is 0 Å². The number of hydrogen-bond acceptors (Lipinski definition) is 4. The zero-order valence-corrected chi connectivity index (χ0v) is 15.2. The summed E-state index contributed by atoms with van der Waals surface area (Å²) in [6.45, 7) is 0.202. The van der Waals surface area contributed by atoms with E-state index >= 15 is 0 Å². The minimum Gasteiger partial charge on any atom is -0.461 e. The average molecular weight is 390 g/mol. The third-order valence-electron chi connectivity index (χ3n) is 5.68. The number of hydrogen-bond donors (Lipinski definition) is 0. The lowest BCUT2D eigenvalue weighted by Gasteiger charge is -2.32. The highest BCUT2D eigenvalue weighted by atomic mass is 19.4. The minimum atomic E-state index is -5.01. The molecule has 2 amide bonds. The highest BCUT2D eigenvalue weighted by molar-refractivity contribution is 5.93. The lowest BCUT2D eigenvalue weighted by atomic mass is 9.98. The highest BCUT2D eigenvalue weighted by Crippen LogP contribution is 2.30. The van der Waals surface area contributed by atoms with Crippen molar-refractivity contribution in [2.24, 2.45) is 0 Å². The van der Waals surface area contributed by atoms with Crippen molar-refractivity contribution in [3.63, 3.8) is 0 Å². The number of nitrogens with zero attached hydrogens (tertiary/aromatic N) is 2. The van der Waals surface area contributed by atoms with E-state index in [0.29, 0.717) is 30.7 Å². The van der Waals surface area contributed by atoms with Crippen LogP contribution in [0.25, 0.3) is 0 Å². The molecule has 0 aromatic carbocycles. The van der Waals surface area contributed by atoms with E-state index in [9.17, 15) is 27.6 Å². The third-order valence-corrected chi connectivity index (χ3v) is 5.68. The number of halogens is 3. The Kier molecular flexibility index (Phi) is 5.95. The van der Waals surface area contributed by atoms with Gasteiger partial charge in [-0.2, -0.15) is 13.2 Å². The molecule has 0 aromatic heterocycles. The van der Waals surface area contributed by atoms with Gasteiger partial charge in [0.15, 0.2) is 0 Å². The Labute approximate surface area is 156 Å². The number of amides is 2. The molecule has 6 nitrogen and oxygen atoms in total. The molecule has 3 fully saturated rings. The number of carbonyl (C=O) groups excluding carboxylic acids is 3. The van der Waals surface area contributed by atoms with Crippen LogP contribution in [0.3, 0.4) is 0 Å². The van der Waals surface area contributed by atoms with Crippen LogP contribution >= 0.6 is 0 Å². The molecule has 2 heterocycles. The Morgan fingerprint density at radius 3 is 2.00 bits per heavy atom. The predicted molar refractivity (Wildman–Crippen MR) is 88.5 cm³/mol. The fourth-order valence-electron chi connectivity index (χ4n) is 4.32. The van der Waals surface area contributed by atoms with E-state index in [1.165, 1.54) is 4.90 Å². The molecule has 0 N–H and O–H groups in total. The second-order valence-corrected chi connectivity index (χ2v) is 7.54. The normalized spacial score (nSPS) is 27.1. The molecule has 1 aliphatic carbocycles. The van der Waals surface area contributed by atoms with Gasteiger partial charge in [-0.15, -0.1) is 0 Å². The molecule has 152 valence electrons. The first-order valence-electron chi connectivity index (χ1n) is 9.68. The maximum absolute atomic E-state index is 12.9. The second kappa shape index (κ2) is 8.06. The smallest absolute Gasteiger partial charge is 0.461 e. The monoisotopic (exact) mass is 390 g/mol. The van der Waals surface area contributed by atoms with E-state index in [1.807, 2.05) is 0 Å². The molecule has 27 heavy (non-hydrogen) atoms. The Morgan fingerprint density at radius 1 is 0.778 bits per heavy atom. The standard InChI is InChI=1S/C18H25F3N2O4/c19-18(20,21)17(26)23-11-4-8-13(23)15(24)22-10-5-9-14(22)16(25)27-12-6-2-1-3-7-12/h12-14H,1-11H2/t13-,14-/m0/s1. The van der Waals surface area contributed by atoms with Crippen molar-refractivity contribution >= 4 is 17.8 Å². The molecular weight excluding hydrogens is 365 g/mol. The summed E-state index contributed by atoms with van der Waals surface area (Å²) in [4.78, 5) is 38.9. The van der Waals surface area contributed by atoms with Crippen LogP contribution in [0.5, 0.6) is 0 Å². The number of ether oxygens (including phenoxy) is 1. The molecule has 3 aliphatic rings.